The SMILES string of the molecule is C[C@@H]1CCCCN1C(=O)c1ccc(NS(=O)(=O)/C=C/c2ccc(Cl)cc2)cc1. The predicted molar refractivity (Wildman–Crippen MR) is 114 cm³/mol. The van der Waals surface area contributed by atoms with Gasteiger partial charge in [0, 0.05) is 28.9 Å². The van der Waals surface area contributed by atoms with Crippen molar-refractivity contribution in [2.24, 2.45) is 0 Å². The van der Waals surface area contributed by atoms with Crippen molar-refractivity contribution in [3.05, 3.63) is 70.1 Å². The Morgan fingerprint density at radius 2 is 1.79 bits per heavy atom. The molecular formula is C21H23ClN2O3S. The van der Waals surface area contributed by atoms with Crippen LogP contribution in [0.2, 0.25) is 5.02 Å². The second kappa shape index (κ2) is 8.80. The second-order valence-corrected chi connectivity index (χ2v) is 8.92. The molecule has 0 radical (unpaired) electrons. The Hall–Kier alpha value is -2.31. The van der Waals surface area contributed by atoms with Crippen molar-refractivity contribution in [1.29, 1.82) is 0 Å². The molecule has 0 bridgehead atoms. The van der Waals surface area contributed by atoms with E-state index in [2.05, 4.69) is 11.6 Å². The minimum Gasteiger partial charge on any atom is -0.336 e. The lowest BCUT2D eigenvalue weighted by Crippen LogP contribution is -2.42. The summed E-state index contributed by atoms with van der Waals surface area (Å²) in [5.41, 5.74) is 1.70. The third-order valence-electron chi connectivity index (χ3n) is 4.77. The molecule has 3 rings (SSSR count). The molecule has 0 unspecified atom stereocenters. The highest BCUT2D eigenvalue weighted by atomic mass is 35.5. The van der Waals surface area contributed by atoms with Crippen molar-refractivity contribution in [1.82, 2.24) is 4.90 Å². The van der Waals surface area contributed by atoms with Crippen LogP contribution in [0.3, 0.4) is 0 Å². The molecule has 0 spiro atoms. The smallest absolute Gasteiger partial charge is 0.255 e. The number of hydrogen-bond donors (Lipinski definition) is 1. The molecule has 2 aromatic rings. The van der Waals surface area contributed by atoms with E-state index in [1.54, 1.807) is 48.5 Å². The van der Waals surface area contributed by atoms with Crippen molar-refractivity contribution >= 4 is 39.3 Å². The van der Waals surface area contributed by atoms with Crippen molar-refractivity contribution in [2.75, 3.05) is 11.3 Å². The maximum atomic E-state index is 12.7. The van der Waals surface area contributed by atoms with Crippen LogP contribution in [0.25, 0.3) is 6.08 Å². The van der Waals surface area contributed by atoms with Gasteiger partial charge >= 0.3 is 0 Å². The molecule has 1 aliphatic rings. The molecule has 1 amide bonds. The van der Waals surface area contributed by atoms with Crippen molar-refractivity contribution in [3.63, 3.8) is 0 Å². The van der Waals surface area contributed by atoms with E-state index in [4.69, 9.17) is 11.6 Å². The zero-order valence-electron chi connectivity index (χ0n) is 15.6. The van der Waals surface area contributed by atoms with Crippen LogP contribution in [-0.4, -0.2) is 31.8 Å². The first kappa shape index (κ1) is 20.4. The second-order valence-electron chi connectivity index (χ2n) is 6.92. The van der Waals surface area contributed by atoms with E-state index in [9.17, 15) is 13.2 Å². The summed E-state index contributed by atoms with van der Waals surface area (Å²) in [4.78, 5) is 14.5. The van der Waals surface area contributed by atoms with Gasteiger partial charge in [-0.2, -0.15) is 0 Å². The standard InChI is InChI=1S/C21H23ClN2O3S/c1-16-4-2-3-14-24(16)21(25)18-7-11-20(12-8-18)23-28(26,27)15-13-17-5-9-19(22)10-6-17/h5-13,15-16,23H,2-4,14H2,1H3/b15-13+/t16-/m1/s1. The third kappa shape index (κ3) is 5.36. The summed E-state index contributed by atoms with van der Waals surface area (Å²) in [5, 5.41) is 1.69. The molecule has 1 heterocycles. The minimum atomic E-state index is -3.66. The number of carbonyl (C=O) groups excluding carboxylic acids is 1. The summed E-state index contributed by atoms with van der Waals surface area (Å²) >= 11 is 5.82. The number of halogens is 1. The first-order chi connectivity index (χ1) is 13.3. The van der Waals surface area contributed by atoms with Gasteiger partial charge in [0.1, 0.15) is 0 Å². The van der Waals surface area contributed by atoms with Crippen LogP contribution in [-0.2, 0) is 10.0 Å². The van der Waals surface area contributed by atoms with Gasteiger partial charge in [0.05, 0.1) is 5.41 Å². The maximum Gasteiger partial charge on any atom is 0.255 e. The number of nitrogens with zero attached hydrogens (tertiary/aromatic N) is 1. The number of benzene rings is 2. The predicted octanol–water partition coefficient (Wildman–Crippen LogP) is 4.77. The molecular weight excluding hydrogens is 396 g/mol. The molecule has 0 aliphatic carbocycles. The van der Waals surface area contributed by atoms with Crippen LogP contribution in [0.5, 0.6) is 0 Å². The van der Waals surface area contributed by atoms with Crippen molar-refractivity contribution < 1.29 is 13.2 Å². The molecule has 28 heavy (non-hydrogen) atoms. The molecule has 1 fully saturated rings. The fraction of sp³-hybridized carbons (Fsp3) is 0.286. The summed E-state index contributed by atoms with van der Waals surface area (Å²) in [6.07, 6.45) is 4.68. The normalized spacial score (nSPS) is 17.6. The Labute approximate surface area is 171 Å². The molecule has 1 saturated heterocycles. The topological polar surface area (TPSA) is 66.5 Å². The lowest BCUT2D eigenvalue weighted by atomic mass is 10.0. The van der Waals surface area contributed by atoms with Crippen molar-refractivity contribution in [2.45, 2.75) is 32.2 Å². The zero-order chi connectivity index (χ0) is 20.1. The highest BCUT2D eigenvalue weighted by Crippen LogP contribution is 2.20. The lowest BCUT2D eigenvalue weighted by Gasteiger charge is -2.33. The Morgan fingerprint density at radius 3 is 2.43 bits per heavy atom. The van der Waals surface area contributed by atoms with Gasteiger partial charge in [-0.25, -0.2) is 8.42 Å². The van der Waals surface area contributed by atoms with Gasteiger partial charge in [-0.3, -0.25) is 9.52 Å². The lowest BCUT2D eigenvalue weighted by molar-refractivity contribution is 0.0635. The van der Waals surface area contributed by atoms with Gasteiger partial charge in [-0.1, -0.05) is 23.7 Å². The average molecular weight is 419 g/mol. The summed E-state index contributed by atoms with van der Waals surface area (Å²) in [6.45, 7) is 2.83. The van der Waals surface area contributed by atoms with E-state index in [1.807, 2.05) is 4.90 Å². The molecule has 0 aromatic heterocycles. The van der Waals surface area contributed by atoms with Gasteiger partial charge in [0.2, 0.25) is 0 Å². The Morgan fingerprint density at radius 1 is 1.11 bits per heavy atom. The monoisotopic (exact) mass is 418 g/mol. The molecule has 5 nitrogen and oxygen atoms in total. The van der Waals surface area contributed by atoms with Gasteiger partial charge in [-0.15, -0.1) is 0 Å². The van der Waals surface area contributed by atoms with Gasteiger partial charge in [-0.05, 0) is 74.2 Å². The quantitative estimate of drug-likeness (QED) is 0.760. The number of carbonyl (C=O) groups is 1. The molecule has 1 atom stereocenters. The number of rotatable bonds is 5. The Bertz CT molecular complexity index is 954. The first-order valence-electron chi connectivity index (χ1n) is 9.21. The van der Waals surface area contributed by atoms with Crippen molar-refractivity contribution in [3.8, 4) is 0 Å². The summed E-state index contributed by atoms with van der Waals surface area (Å²) < 4.78 is 27.0. The number of anilines is 1. The maximum absolute atomic E-state index is 12.7. The van der Waals surface area contributed by atoms with Gasteiger partial charge in [0.15, 0.2) is 0 Å². The summed E-state index contributed by atoms with van der Waals surface area (Å²) in [7, 11) is -3.66. The number of amides is 1. The van der Waals surface area contributed by atoms with Crippen LogP contribution < -0.4 is 4.72 Å². The van der Waals surface area contributed by atoms with E-state index in [0.29, 0.717) is 16.3 Å². The Kier molecular flexibility index (Phi) is 6.42. The number of nitrogens with one attached hydrogen (secondary N) is 1. The third-order valence-corrected chi connectivity index (χ3v) is 6.03. The molecule has 0 saturated carbocycles. The molecule has 2 aromatic carbocycles. The molecule has 148 valence electrons. The highest BCUT2D eigenvalue weighted by Gasteiger charge is 2.24. The first-order valence-corrected chi connectivity index (χ1v) is 11.1. The van der Waals surface area contributed by atoms with Crippen LogP contribution in [0.1, 0.15) is 42.1 Å². The van der Waals surface area contributed by atoms with Gasteiger partial charge < -0.3 is 4.90 Å². The molecule has 1 N–H and O–H groups in total. The average Bonchev–Trinajstić information content (AvgIpc) is 2.68. The summed E-state index contributed by atoms with van der Waals surface area (Å²) in [5.74, 6) is -0.00996. The summed E-state index contributed by atoms with van der Waals surface area (Å²) in [6, 6.07) is 13.6. The fourth-order valence-electron chi connectivity index (χ4n) is 3.19. The van der Waals surface area contributed by atoms with E-state index < -0.39 is 10.0 Å². The van der Waals surface area contributed by atoms with E-state index in [-0.39, 0.29) is 11.9 Å². The Balaban J connectivity index is 1.66. The number of sulfonamides is 1. The largest absolute Gasteiger partial charge is 0.336 e. The van der Waals surface area contributed by atoms with Crippen LogP contribution >= 0.6 is 11.6 Å². The van der Waals surface area contributed by atoms with Crippen LogP contribution in [0.4, 0.5) is 5.69 Å². The highest BCUT2D eigenvalue weighted by molar-refractivity contribution is 7.95. The number of piperidine rings is 1. The number of hydrogen-bond acceptors (Lipinski definition) is 3. The van der Waals surface area contributed by atoms with E-state index in [1.165, 1.54) is 6.08 Å². The van der Waals surface area contributed by atoms with E-state index in [0.717, 1.165) is 36.8 Å². The molecule has 7 heteroatoms. The zero-order valence-corrected chi connectivity index (χ0v) is 17.2. The number of likely N-dealkylation sites (tertiary alicyclic amines) is 1. The minimum absolute atomic E-state index is 0.00996. The molecule has 1 aliphatic heterocycles. The fourth-order valence-corrected chi connectivity index (χ4v) is 4.18. The van der Waals surface area contributed by atoms with Gasteiger partial charge in [0.25, 0.3) is 15.9 Å². The van der Waals surface area contributed by atoms with E-state index >= 15 is 0 Å². The van der Waals surface area contributed by atoms with Crippen LogP contribution in [0, 0.1) is 0 Å². The van der Waals surface area contributed by atoms with Crippen LogP contribution in [0.15, 0.2) is 53.9 Å².